The van der Waals surface area contributed by atoms with Gasteiger partial charge in [0.25, 0.3) is 5.91 Å². The van der Waals surface area contributed by atoms with Crippen LogP contribution in [0.1, 0.15) is 48.5 Å². The van der Waals surface area contributed by atoms with E-state index in [-0.39, 0.29) is 5.91 Å². The molecule has 4 rings (SSSR count). The van der Waals surface area contributed by atoms with Gasteiger partial charge in [0.2, 0.25) is 0 Å². The van der Waals surface area contributed by atoms with E-state index in [1.165, 1.54) is 32.1 Å². The molecule has 1 amide bonds. The van der Waals surface area contributed by atoms with Gasteiger partial charge in [-0.25, -0.2) is 4.79 Å². The Morgan fingerprint density at radius 1 is 1.09 bits per heavy atom. The summed E-state index contributed by atoms with van der Waals surface area (Å²) >= 11 is 0. The lowest BCUT2D eigenvalue weighted by Crippen LogP contribution is -2.56. The van der Waals surface area contributed by atoms with Crippen molar-refractivity contribution in [1.29, 1.82) is 0 Å². The number of nitrogens with one attached hydrogen (secondary N) is 1. The summed E-state index contributed by atoms with van der Waals surface area (Å²) in [5, 5.41) is 2.98. The topological polar surface area (TPSA) is 71.1 Å². The number of amides is 1. The Kier molecular flexibility index (Phi) is 8.42. The van der Waals surface area contributed by atoms with Crippen molar-refractivity contribution in [3.8, 4) is 5.75 Å². The van der Waals surface area contributed by atoms with E-state index in [2.05, 4.69) is 34.2 Å². The molecule has 2 atom stereocenters. The highest BCUT2D eigenvalue weighted by atomic mass is 16.5. The molecule has 188 valence electrons. The van der Waals surface area contributed by atoms with Gasteiger partial charge in [0.15, 0.2) is 5.54 Å². The quantitative estimate of drug-likeness (QED) is 0.416. The third-order valence-electron chi connectivity index (χ3n) is 7.19. The third kappa shape index (κ3) is 6.41. The van der Waals surface area contributed by atoms with Crippen LogP contribution in [0.5, 0.6) is 5.75 Å². The Morgan fingerprint density at radius 2 is 1.86 bits per heavy atom. The largest absolute Gasteiger partial charge is 0.494 e. The van der Waals surface area contributed by atoms with Crippen LogP contribution in [0.25, 0.3) is 0 Å². The summed E-state index contributed by atoms with van der Waals surface area (Å²) in [6, 6.07) is 17.9. The standard InChI is InChI=1S/C28H37N3O4/c1-22-8-6-16-31(22)17-7-19-35-25-13-11-24(12-14-25)26(32)29-28(27(33)34-2)15-18-30(21-28)20-23-9-4-3-5-10-23/h3-5,9-14,22H,6-8,15-21H2,1-2H3,(H,29,32). The summed E-state index contributed by atoms with van der Waals surface area (Å²) in [5.41, 5.74) is 0.612. The highest BCUT2D eigenvalue weighted by Gasteiger charge is 2.47. The number of hydrogen-bond donors (Lipinski definition) is 1. The van der Waals surface area contributed by atoms with Crippen LogP contribution in [0.3, 0.4) is 0 Å². The maximum atomic E-state index is 13.1. The number of esters is 1. The van der Waals surface area contributed by atoms with Gasteiger partial charge in [0.05, 0.1) is 13.7 Å². The predicted octanol–water partition coefficient (Wildman–Crippen LogP) is 3.49. The maximum Gasteiger partial charge on any atom is 0.332 e. The van der Waals surface area contributed by atoms with Gasteiger partial charge >= 0.3 is 5.97 Å². The number of carbonyl (C=O) groups excluding carboxylic acids is 2. The highest BCUT2D eigenvalue weighted by molar-refractivity contribution is 5.98. The summed E-state index contributed by atoms with van der Waals surface area (Å²) in [4.78, 5) is 30.5. The van der Waals surface area contributed by atoms with E-state index in [0.717, 1.165) is 25.3 Å². The number of nitrogens with zero attached hydrogens (tertiary/aromatic N) is 2. The van der Waals surface area contributed by atoms with Crippen molar-refractivity contribution in [2.45, 2.75) is 50.7 Å². The van der Waals surface area contributed by atoms with Gasteiger partial charge < -0.3 is 19.7 Å². The number of rotatable bonds is 10. The van der Waals surface area contributed by atoms with Crippen LogP contribution >= 0.6 is 0 Å². The van der Waals surface area contributed by atoms with E-state index < -0.39 is 11.5 Å². The molecule has 2 aliphatic heterocycles. The highest BCUT2D eigenvalue weighted by Crippen LogP contribution is 2.26. The smallest absolute Gasteiger partial charge is 0.332 e. The second-order valence-electron chi connectivity index (χ2n) is 9.73. The van der Waals surface area contributed by atoms with Gasteiger partial charge in [-0.1, -0.05) is 30.3 Å². The molecule has 2 saturated heterocycles. The summed E-state index contributed by atoms with van der Waals surface area (Å²) in [7, 11) is 1.37. The van der Waals surface area contributed by atoms with Crippen molar-refractivity contribution in [3.05, 3.63) is 65.7 Å². The number of ether oxygens (including phenoxy) is 2. The number of likely N-dealkylation sites (tertiary alicyclic amines) is 2. The molecular weight excluding hydrogens is 442 g/mol. The molecule has 2 aliphatic rings. The molecule has 2 heterocycles. The minimum absolute atomic E-state index is 0.286. The van der Waals surface area contributed by atoms with Crippen LogP contribution < -0.4 is 10.1 Å². The fourth-order valence-electron chi connectivity index (χ4n) is 5.16. The van der Waals surface area contributed by atoms with E-state index in [4.69, 9.17) is 9.47 Å². The van der Waals surface area contributed by atoms with Crippen molar-refractivity contribution in [2.24, 2.45) is 0 Å². The normalized spacial score (nSPS) is 22.7. The lowest BCUT2D eigenvalue weighted by molar-refractivity contribution is -0.147. The Balaban J connectivity index is 1.30. The first-order valence-electron chi connectivity index (χ1n) is 12.6. The number of methoxy groups -OCH3 is 1. The van der Waals surface area contributed by atoms with Gasteiger partial charge in [0, 0.05) is 37.8 Å². The van der Waals surface area contributed by atoms with Gasteiger partial charge in [0.1, 0.15) is 5.75 Å². The molecule has 2 fully saturated rings. The van der Waals surface area contributed by atoms with Gasteiger partial charge in [-0.15, -0.1) is 0 Å². The number of benzene rings is 2. The molecule has 2 aromatic rings. The third-order valence-corrected chi connectivity index (χ3v) is 7.19. The maximum absolute atomic E-state index is 13.1. The molecule has 2 aromatic carbocycles. The van der Waals surface area contributed by atoms with Crippen LogP contribution in [0.2, 0.25) is 0 Å². The molecule has 2 unspecified atom stereocenters. The Labute approximate surface area is 208 Å². The Hall–Kier alpha value is -2.90. The molecule has 0 radical (unpaired) electrons. The summed E-state index contributed by atoms with van der Waals surface area (Å²) < 4.78 is 11.0. The van der Waals surface area contributed by atoms with E-state index in [0.29, 0.717) is 37.7 Å². The second-order valence-corrected chi connectivity index (χ2v) is 9.73. The Bertz CT molecular complexity index is 981. The van der Waals surface area contributed by atoms with Crippen molar-refractivity contribution < 1.29 is 19.1 Å². The molecular formula is C28H37N3O4. The van der Waals surface area contributed by atoms with Crippen LogP contribution in [0, 0.1) is 0 Å². The van der Waals surface area contributed by atoms with Gasteiger partial charge in [-0.05, 0) is 69.0 Å². The fourth-order valence-corrected chi connectivity index (χ4v) is 5.16. The number of carbonyl (C=O) groups is 2. The Morgan fingerprint density at radius 3 is 2.54 bits per heavy atom. The van der Waals surface area contributed by atoms with Crippen LogP contribution in [-0.4, -0.2) is 73.2 Å². The molecule has 0 aromatic heterocycles. The zero-order chi connectivity index (χ0) is 24.7. The molecule has 35 heavy (non-hydrogen) atoms. The molecule has 7 nitrogen and oxygen atoms in total. The van der Waals surface area contributed by atoms with Crippen molar-refractivity contribution in [3.63, 3.8) is 0 Å². The van der Waals surface area contributed by atoms with Gasteiger partial charge in [-0.3, -0.25) is 9.69 Å². The average molecular weight is 480 g/mol. The molecule has 0 spiro atoms. The van der Waals surface area contributed by atoms with Crippen molar-refractivity contribution in [2.75, 3.05) is 39.9 Å². The first kappa shape index (κ1) is 25.2. The van der Waals surface area contributed by atoms with Crippen LogP contribution in [0.15, 0.2) is 54.6 Å². The summed E-state index contributed by atoms with van der Waals surface area (Å²) in [6.45, 7) is 7.01. The molecule has 0 aliphatic carbocycles. The minimum Gasteiger partial charge on any atom is -0.494 e. The minimum atomic E-state index is -1.05. The predicted molar refractivity (Wildman–Crippen MR) is 135 cm³/mol. The SMILES string of the molecule is COC(=O)C1(NC(=O)c2ccc(OCCCN3CCCC3C)cc2)CCN(Cc2ccccc2)C1. The fraction of sp³-hybridized carbons (Fsp3) is 0.500. The molecule has 1 N–H and O–H groups in total. The van der Waals surface area contributed by atoms with E-state index in [1.807, 2.05) is 30.3 Å². The monoisotopic (exact) mass is 479 g/mol. The van der Waals surface area contributed by atoms with Gasteiger partial charge in [-0.2, -0.15) is 0 Å². The zero-order valence-electron chi connectivity index (χ0n) is 20.9. The summed E-state index contributed by atoms with van der Waals surface area (Å²) in [5.74, 6) is 0.0498. The first-order valence-corrected chi connectivity index (χ1v) is 12.6. The second kappa shape index (κ2) is 11.7. The molecule has 7 heteroatoms. The average Bonchev–Trinajstić information content (AvgIpc) is 3.48. The number of hydrogen-bond acceptors (Lipinski definition) is 6. The van der Waals surface area contributed by atoms with Crippen molar-refractivity contribution >= 4 is 11.9 Å². The first-order chi connectivity index (χ1) is 17.0. The lowest BCUT2D eigenvalue weighted by Gasteiger charge is -2.28. The van der Waals surface area contributed by atoms with E-state index in [9.17, 15) is 9.59 Å². The lowest BCUT2D eigenvalue weighted by atomic mass is 9.98. The van der Waals surface area contributed by atoms with Crippen LogP contribution in [-0.2, 0) is 16.1 Å². The molecule has 0 bridgehead atoms. The molecule has 0 saturated carbocycles. The summed E-state index contributed by atoms with van der Waals surface area (Å²) in [6.07, 6.45) is 4.06. The van der Waals surface area contributed by atoms with E-state index >= 15 is 0 Å². The zero-order valence-corrected chi connectivity index (χ0v) is 20.9. The van der Waals surface area contributed by atoms with Crippen molar-refractivity contribution in [1.82, 2.24) is 15.1 Å². The van der Waals surface area contributed by atoms with Crippen LogP contribution in [0.4, 0.5) is 0 Å². The van der Waals surface area contributed by atoms with E-state index in [1.54, 1.807) is 12.1 Å².